The van der Waals surface area contributed by atoms with Gasteiger partial charge in [0.25, 0.3) is 11.8 Å². The molecule has 0 aromatic heterocycles. The van der Waals surface area contributed by atoms with Crippen LogP contribution in [0.3, 0.4) is 0 Å². The smallest absolute Gasteiger partial charge is 0.416 e. The maximum Gasteiger partial charge on any atom is 0.416 e. The van der Waals surface area contributed by atoms with E-state index in [0.717, 1.165) is 0 Å². The van der Waals surface area contributed by atoms with Gasteiger partial charge in [0.05, 0.1) is 16.8 Å². The van der Waals surface area contributed by atoms with Gasteiger partial charge in [-0.15, -0.1) is 0 Å². The molecule has 2 aromatic rings. The molecule has 0 saturated carbocycles. The quantitative estimate of drug-likeness (QED) is 0.667. The Labute approximate surface area is 172 Å². The third kappa shape index (κ3) is 4.59. The molecule has 1 heterocycles. The number of likely N-dealkylation sites (N-methyl/N-ethyl adjacent to an activating group) is 1. The van der Waals surface area contributed by atoms with Crippen LogP contribution in [-0.4, -0.2) is 24.5 Å². The second-order valence-corrected chi connectivity index (χ2v) is 6.77. The molecule has 2 aromatic carbocycles. The van der Waals surface area contributed by atoms with Gasteiger partial charge >= 0.3 is 12.4 Å². The Morgan fingerprint density at radius 3 is 2.13 bits per heavy atom. The highest BCUT2D eigenvalue weighted by Gasteiger charge is 2.37. The minimum Gasteiger partial charge on any atom is -0.479 e. The number of benzene rings is 2. The number of carbonyl (C=O) groups is 2. The number of carbonyl (C=O) groups excluding carboxylic acids is 2. The fraction of sp³-hybridized carbons (Fsp3) is 0.300. The average Bonchev–Trinajstić information content (AvgIpc) is 2.67. The molecule has 0 fully saturated rings. The summed E-state index contributed by atoms with van der Waals surface area (Å²) >= 11 is 0. The number of halogens is 6. The summed E-state index contributed by atoms with van der Waals surface area (Å²) in [6.45, 7) is 3.57. The van der Waals surface area contributed by atoms with E-state index in [2.05, 4.69) is 5.32 Å². The molecule has 5 nitrogen and oxygen atoms in total. The van der Waals surface area contributed by atoms with Crippen LogP contribution < -0.4 is 15.0 Å². The maximum absolute atomic E-state index is 13.0. The van der Waals surface area contributed by atoms with Crippen molar-refractivity contribution in [1.29, 1.82) is 0 Å². The summed E-state index contributed by atoms with van der Waals surface area (Å²) < 4.78 is 83.6. The Morgan fingerprint density at radius 1 is 1.03 bits per heavy atom. The second-order valence-electron chi connectivity index (χ2n) is 6.77. The zero-order valence-corrected chi connectivity index (χ0v) is 16.2. The molecule has 1 aliphatic heterocycles. The molecule has 0 bridgehead atoms. The van der Waals surface area contributed by atoms with Gasteiger partial charge in [-0.2, -0.15) is 26.3 Å². The average molecular weight is 446 g/mol. The summed E-state index contributed by atoms with van der Waals surface area (Å²) in [5.41, 5.74) is -3.61. The Kier molecular flexibility index (Phi) is 5.64. The fourth-order valence-electron chi connectivity index (χ4n) is 3.10. The highest BCUT2D eigenvalue weighted by atomic mass is 19.4. The summed E-state index contributed by atoms with van der Waals surface area (Å²) in [5, 5.41) is 2.27. The number of rotatable bonds is 3. The molecule has 31 heavy (non-hydrogen) atoms. The first-order chi connectivity index (χ1) is 14.3. The normalized spacial score (nSPS) is 16.6. The summed E-state index contributed by atoms with van der Waals surface area (Å²) in [4.78, 5) is 26.1. The van der Waals surface area contributed by atoms with Crippen LogP contribution >= 0.6 is 0 Å². The number of nitrogens with one attached hydrogen (secondary N) is 1. The van der Waals surface area contributed by atoms with E-state index in [1.54, 1.807) is 13.8 Å². The van der Waals surface area contributed by atoms with Crippen molar-refractivity contribution in [2.75, 3.05) is 16.8 Å². The van der Waals surface area contributed by atoms with E-state index in [1.165, 1.54) is 23.1 Å². The standard InChI is InChI=1S/C20H16F6N2O3/c1-3-28-15-9-14(4-5-16(15)31-10(2)18(28)30)27-17(29)11-6-12(19(21,22)23)8-13(7-11)20(24,25)26/h4-10H,3H2,1-2H3,(H,27,29). The molecule has 11 heteroatoms. The van der Waals surface area contributed by atoms with E-state index in [0.29, 0.717) is 30.1 Å². The minimum absolute atomic E-state index is 0.0566. The maximum atomic E-state index is 13.0. The number of fused-ring (bicyclic) bond motifs is 1. The van der Waals surface area contributed by atoms with Gasteiger partial charge in [-0.3, -0.25) is 9.59 Å². The summed E-state index contributed by atoms with van der Waals surface area (Å²) in [6.07, 6.45) is -10.9. The lowest BCUT2D eigenvalue weighted by atomic mass is 10.0. The molecule has 0 spiro atoms. The van der Waals surface area contributed by atoms with Crippen LogP contribution in [0.25, 0.3) is 0 Å². The highest BCUT2D eigenvalue weighted by Crippen LogP contribution is 2.38. The van der Waals surface area contributed by atoms with Gasteiger partial charge in [0.2, 0.25) is 0 Å². The Bertz CT molecular complexity index is 1000. The highest BCUT2D eigenvalue weighted by molar-refractivity contribution is 6.06. The third-order valence-corrected chi connectivity index (χ3v) is 4.59. The first kappa shape index (κ1) is 22.4. The van der Waals surface area contributed by atoms with Crippen molar-refractivity contribution < 1.29 is 40.7 Å². The number of ether oxygens (including phenoxy) is 1. The van der Waals surface area contributed by atoms with Crippen LogP contribution in [0.5, 0.6) is 5.75 Å². The molecular weight excluding hydrogens is 430 g/mol. The summed E-state index contributed by atoms with van der Waals surface area (Å²) in [7, 11) is 0. The number of alkyl halides is 6. The molecule has 2 amide bonds. The van der Waals surface area contributed by atoms with Gasteiger partial charge in [-0.05, 0) is 50.2 Å². The number of anilines is 2. The first-order valence-electron chi connectivity index (χ1n) is 9.04. The lowest BCUT2D eigenvalue weighted by Gasteiger charge is -2.32. The first-order valence-corrected chi connectivity index (χ1v) is 9.04. The zero-order chi connectivity index (χ0) is 23.1. The Balaban J connectivity index is 1.95. The SMILES string of the molecule is CCN1C(=O)C(C)Oc2ccc(NC(=O)c3cc(C(F)(F)F)cc(C(F)(F)F)c3)cc21. The van der Waals surface area contributed by atoms with Crippen molar-refractivity contribution in [2.24, 2.45) is 0 Å². The third-order valence-electron chi connectivity index (χ3n) is 4.59. The summed E-state index contributed by atoms with van der Waals surface area (Å²) in [6, 6.07) is 4.80. The molecule has 1 N–H and O–H groups in total. The van der Waals surface area contributed by atoms with Gasteiger partial charge in [0, 0.05) is 17.8 Å². The molecule has 166 valence electrons. The molecule has 0 saturated heterocycles. The summed E-state index contributed by atoms with van der Waals surface area (Å²) in [5.74, 6) is -1.15. The van der Waals surface area contributed by atoms with E-state index < -0.39 is 41.1 Å². The monoisotopic (exact) mass is 446 g/mol. The molecule has 3 rings (SSSR count). The number of nitrogens with zero attached hydrogens (tertiary/aromatic N) is 1. The van der Waals surface area contributed by atoms with Gasteiger partial charge < -0.3 is 15.0 Å². The van der Waals surface area contributed by atoms with Crippen molar-refractivity contribution >= 4 is 23.2 Å². The molecule has 1 unspecified atom stereocenters. The molecule has 0 aliphatic carbocycles. The largest absolute Gasteiger partial charge is 0.479 e. The molecule has 1 aliphatic rings. The molecular formula is C20H16F6N2O3. The van der Waals surface area contributed by atoms with E-state index in [1.807, 2.05) is 0 Å². The van der Waals surface area contributed by atoms with Gasteiger partial charge in [-0.1, -0.05) is 0 Å². The van der Waals surface area contributed by atoms with E-state index in [4.69, 9.17) is 4.74 Å². The minimum atomic E-state index is -5.07. The van der Waals surface area contributed by atoms with Gasteiger partial charge in [0.1, 0.15) is 5.75 Å². The predicted molar refractivity (Wildman–Crippen MR) is 99.0 cm³/mol. The number of hydrogen-bond donors (Lipinski definition) is 1. The zero-order valence-electron chi connectivity index (χ0n) is 16.2. The van der Waals surface area contributed by atoms with E-state index >= 15 is 0 Å². The van der Waals surface area contributed by atoms with Crippen molar-refractivity contribution in [3.63, 3.8) is 0 Å². The number of hydrogen-bond acceptors (Lipinski definition) is 3. The Hall–Kier alpha value is -3.24. The molecule has 1 atom stereocenters. The van der Waals surface area contributed by atoms with Gasteiger partial charge in [0.15, 0.2) is 6.10 Å². The van der Waals surface area contributed by atoms with Gasteiger partial charge in [-0.25, -0.2) is 0 Å². The van der Waals surface area contributed by atoms with E-state index in [-0.39, 0.29) is 17.7 Å². The van der Waals surface area contributed by atoms with E-state index in [9.17, 15) is 35.9 Å². The Morgan fingerprint density at radius 2 is 1.61 bits per heavy atom. The lowest BCUT2D eigenvalue weighted by Crippen LogP contribution is -2.44. The van der Waals surface area contributed by atoms with Crippen LogP contribution in [0.15, 0.2) is 36.4 Å². The number of amides is 2. The van der Waals surface area contributed by atoms with Crippen molar-refractivity contribution in [3.05, 3.63) is 53.1 Å². The van der Waals surface area contributed by atoms with Crippen molar-refractivity contribution in [3.8, 4) is 5.75 Å². The van der Waals surface area contributed by atoms with Crippen LogP contribution in [0, 0.1) is 0 Å². The van der Waals surface area contributed by atoms with Crippen LogP contribution in [0.1, 0.15) is 35.3 Å². The van der Waals surface area contributed by atoms with Crippen LogP contribution in [0.2, 0.25) is 0 Å². The lowest BCUT2D eigenvalue weighted by molar-refractivity contribution is -0.143. The van der Waals surface area contributed by atoms with Crippen molar-refractivity contribution in [2.45, 2.75) is 32.3 Å². The van der Waals surface area contributed by atoms with Crippen LogP contribution in [-0.2, 0) is 17.1 Å². The molecule has 0 radical (unpaired) electrons. The van der Waals surface area contributed by atoms with Crippen molar-refractivity contribution in [1.82, 2.24) is 0 Å². The van der Waals surface area contributed by atoms with Crippen LogP contribution in [0.4, 0.5) is 37.7 Å². The fourth-order valence-corrected chi connectivity index (χ4v) is 3.10. The predicted octanol–water partition coefficient (Wildman–Crippen LogP) is 5.11. The second kappa shape index (κ2) is 7.78. The topological polar surface area (TPSA) is 58.6 Å².